The van der Waals surface area contributed by atoms with Gasteiger partial charge in [0.1, 0.15) is 0 Å². The van der Waals surface area contributed by atoms with E-state index in [2.05, 4.69) is 25.4 Å². The summed E-state index contributed by atoms with van der Waals surface area (Å²) in [6.07, 6.45) is 3.34. The fourth-order valence-corrected chi connectivity index (χ4v) is 2.77. The van der Waals surface area contributed by atoms with E-state index in [1.54, 1.807) is 12.3 Å². The predicted octanol–water partition coefficient (Wildman–Crippen LogP) is 2.06. The highest BCUT2D eigenvalue weighted by Crippen LogP contribution is 2.22. The number of nitrogens with one attached hydrogen (secondary N) is 1. The van der Waals surface area contributed by atoms with Gasteiger partial charge in [-0.15, -0.1) is 10.2 Å². The molecule has 2 aromatic heterocycles. The molecule has 2 aromatic rings. The molecule has 120 valence electrons. The number of carbonyl (C=O) groups excluding carboxylic acids is 1. The standard InChI is InChI=1S/C16H18ClN5O/c17-14-4-5-15(21-20-14)22-9-6-12(7-10-22)16(23)19-11-13-3-1-2-8-18-13/h1-5,8,12H,6-7,9-11H2,(H,19,23). The second-order valence-electron chi connectivity index (χ2n) is 5.51. The fourth-order valence-electron chi connectivity index (χ4n) is 2.67. The zero-order valence-electron chi connectivity index (χ0n) is 12.7. The average molecular weight is 332 g/mol. The molecule has 7 heteroatoms. The first-order valence-electron chi connectivity index (χ1n) is 7.64. The third-order valence-corrected chi connectivity index (χ3v) is 4.18. The Morgan fingerprint density at radius 3 is 2.70 bits per heavy atom. The van der Waals surface area contributed by atoms with Gasteiger partial charge in [0.15, 0.2) is 11.0 Å². The topological polar surface area (TPSA) is 71.0 Å². The van der Waals surface area contributed by atoms with E-state index in [0.717, 1.165) is 37.4 Å². The molecule has 1 aliphatic rings. The quantitative estimate of drug-likeness (QED) is 0.928. The summed E-state index contributed by atoms with van der Waals surface area (Å²) in [7, 11) is 0. The van der Waals surface area contributed by atoms with E-state index in [4.69, 9.17) is 11.6 Å². The number of hydrogen-bond acceptors (Lipinski definition) is 5. The number of carbonyl (C=O) groups is 1. The first-order valence-corrected chi connectivity index (χ1v) is 8.02. The van der Waals surface area contributed by atoms with Crippen molar-refractivity contribution in [2.45, 2.75) is 19.4 Å². The molecule has 0 unspecified atom stereocenters. The van der Waals surface area contributed by atoms with Gasteiger partial charge in [-0.1, -0.05) is 17.7 Å². The highest BCUT2D eigenvalue weighted by molar-refractivity contribution is 6.29. The number of halogens is 1. The zero-order chi connectivity index (χ0) is 16.1. The maximum absolute atomic E-state index is 12.3. The Kier molecular flexibility index (Phi) is 5.02. The Morgan fingerprint density at radius 2 is 2.04 bits per heavy atom. The Bertz CT molecular complexity index is 641. The van der Waals surface area contributed by atoms with Crippen molar-refractivity contribution in [2.75, 3.05) is 18.0 Å². The number of nitrogens with zero attached hydrogens (tertiary/aromatic N) is 4. The van der Waals surface area contributed by atoms with Crippen LogP contribution in [0.3, 0.4) is 0 Å². The van der Waals surface area contributed by atoms with Crippen molar-refractivity contribution in [1.29, 1.82) is 0 Å². The molecule has 1 fully saturated rings. The summed E-state index contributed by atoms with van der Waals surface area (Å²) in [5.41, 5.74) is 0.870. The normalized spacial score (nSPS) is 15.4. The third-order valence-electron chi connectivity index (χ3n) is 3.98. The molecular formula is C16H18ClN5O. The molecule has 0 atom stereocenters. The van der Waals surface area contributed by atoms with Crippen LogP contribution in [-0.2, 0) is 11.3 Å². The summed E-state index contributed by atoms with van der Waals surface area (Å²) >= 11 is 5.75. The van der Waals surface area contributed by atoms with Crippen molar-refractivity contribution in [3.8, 4) is 0 Å². The largest absolute Gasteiger partial charge is 0.355 e. The molecule has 6 nitrogen and oxygen atoms in total. The van der Waals surface area contributed by atoms with E-state index in [1.165, 1.54) is 0 Å². The highest BCUT2D eigenvalue weighted by atomic mass is 35.5. The Hall–Kier alpha value is -2.21. The van der Waals surface area contributed by atoms with E-state index in [9.17, 15) is 4.79 Å². The van der Waals surface area contributed by atoms with Crippen LogP contribution in [0, 0.1) is 5.92 Å². The van der Waals surface area contributed by atoms with Crippen molar-refractivity contribution in [3.63, 3.8) is 0 Å². The monoisotopic (exact) mass is 331 g/mol. The molecule has 0 radical (unpaired) electrons. The number of piperidine rings is 1. The van der Waals surface area contributed by atoms with Crippen molar-refractivity contribution in [1.82, 2.24) is 20.5 Å². The summed E-state index contributed by atoms with van der Waals surface area (Å²) in [6, 6.07) is 9.27. The predicted molar refractivity (Wildman–Crippen MR) is 88.1 cm³/mol. The van der Waals surface area contributed by atoms with Crippen molar-refractivity contribution >= 4 is 23.3 Å². The van der Waals surface area contributed by atoms with Crippen LogP contribution < -0.4 is 10.2 Å². The number of aromatic nitrogens is 3. The molecular weight excluding hydrogens is 314 g/mol. The van der Waals surface area contributed by atoms with Gasteiger partial charge in [0.05, 0.1) is 12.2 Å². The lowest BCUT2D eigenvalue weighted by Crippen LogP contribution is -2.40. The minimum atomic E-state index is 0.0372. The minimum Gasteiger partial charge on any atom is -0.355 e. The molecule has 0 aliphatic carbocycles. The molecule has 1 aliphatic heterocycles. The molecule has 0 spiro atoms. The molecule has 0 aromatic carbocycles. The Balaban J connectivity index is 1.48. The average Bonchev–Trinajstić information content (AvgIpc) is 2.61. The molecule has 1 amide bonds. The van der Waals surface area contributed by atoms with Crippen LogP contribution in [0.5, 0.6) is 0 Å². The zero-order valence-corrected chi connectivity index (χ0v) is 13.4. The highest BCUT2D eigenvalue weighted by Gasteiger charge is 2.25. The number of hydrogen-bond donors (Lipinski definition) is 1. The van der Waals surface area contributed by atoms with E-state index in [-0.39, 0.29) is 11.8 Å². The lowest BCUT2D eigenvalue weighted by atomic mass is 9.96. The number of anilines is 1. The molecule has 23 heavy (non-hydrogen) atoms. The molecule has 1 saturated heterocycles. The summed E-state index contributed by atoms with van der Waals surface area (Å²) in [5, 5.41) is 11.3. The smallest absolute Gasteiger partial charge is 0.223 e. The van der Waals surface area contributed by atoms with Crippen LogP contribution in [0.1, 0.15) is 18.5 Å². The SMILES string of the molecule is O=C(NCc1ccccn1)C1CCN(c2ccc(Cl)nn2)CC1. The van der Waals surface area contributed by atoms with Crippen molar-refractivity contribution in [2.24, 2.45) is 5.92 Å². The van der Waals surface area contributed by atoms with Gasteiger partial charge in [0.2, 0.25) is 5.91 Å². The molecule has 1 N–H and O–H groups in total. The van der Waals surface area contributed by atoms with Gasteiger partial charge in [0.25, 0.3) is 0 Å². The van der Waals surface area contributed by atoms with Gasteiger partial charge >= 0.3 is 0 Å². The van der Waals surface area contributed by atoms with Crippen LogP contribution in [0.2, 0.25) is 5.15 Å². The van der Waals surface area contributed by atoms with Gasteiger partial charge in [-0.3, -0.25) is 9.78 Å². The third kappa shape index (κ3) is 4.16. The van der Waals surface area contributed by atoms with Crippen molar-refractivity contribution in [3.05, 3.63) is 47.4 Å². The van der Waals surface area contributed by atoms with Crippen LogP contribution in [-0.4, -0.2) is 34.2 Å². The Labute approximate surface area is 139 Å². The van der Waals surface area contributed by atoms with E-state index in [0.29, 0.717) is 11.7 Å². The summed E-state index contributed by atoms with van der Waals surface area (Å²) < 4.78 is 0. The first-order chi connectivity index (χ1) is 11.2. The summed E-state index contributed by atoms with van der Waals surface area (Å²) in [4.78, 5) is 18.6. The van der Waals surface area contributed by atoms with Gasteiger partial charge in [-0.05, 0) is 37.1 Å². The number of amides is 1. The van der Waals surface area contributed by atoms with Gasteiger partial charge in [0, 0.05) is 25.2 Å². The van der Waals surface area contributed by atoms with Crippen LogP contribution in [0.15, 0.2) is 36.5 Å². The van der Waals surface area contributed by atoms with Crippen LogP contribution in [0.4, 0.5) is 5.82 Å². The van der Waals surface area contributed by atoms with Gasteiger partial charge < -0.3 is 10.2 Å². The Morgan fingerprint density at radius 1 is 1.22 bits per heavy atom. The van der Waals surface area contributed by atoms with Gasteiger partial charge in [-0.2, -0.15) is 0 Å². The van der Waals surface area contributed by atoms with Crippen LogP contribution in [0.25, 0.3) is 0 Å². The molecule has 3 heterocycles. The molecule has 3 rings (SSSR count). The van der Waals surface area contributed by atoms with E-state index < -0.39 is 0 Å². The van der Waals surface area contributed by atoms with E-state index >= 15 is 0 Å². The maximum atomic E-state index is 12.3. The molecule has 0 bridgehead atoms. The second-order valence-corrected chi connectivity index (χ2v) is 5.90. The van der Waals surface area contributed by atoms with Gasteiger partial charge in [-0.25, -0.2) is 0 Å². The summed E-state index contributed by atoms with van der Waals surface area (Å²) in [5.74, 6) is 0.939. The molecule has 0 saturated carbocycles. The lowest BCUT2D eigenvalue weighted by molar-refractivity contribution is -0.125. The fraction of sp³-hybridized carbons (Fsp3) is 0.375. The second kappa shape index (κ2) is 7.37. The maximum Gasteiger partial charge on any atom is 0.223 e. The van der Waals surface area contributed by atoms with E-state index in [1.807, 2.05) is 24.3 Å². The van der Waals surface area contributed by atoms with Crippen LogP contribution >= 0.6 is 11.6 Å². The minimum absolute atomic E-state index is 0.0372. The van der Waals surface area contributed by atoms with Crippen molar-refractivity contribution < 1.29 is 4.79 Å². The number of pyridine rings is 1. The lowest BCUT2D eigenvalue weighted by Gasteiger charge is -2.31. The summed E-state index contributed by atoms with van der Waals surface area (Å²) in [6.45, 7) is 2.05. The number of rotatable bonds is 4. The first kappa shape index (κ1) is 15.7.